The van der Waals surface area contributed by atoms with Crippen LogP contribution < -0.4 is 0 Å². The Kier molecular flexibility index (Phi) is 7.91. The minimum Gasteiger partial charge on any atom is -0.339 e. The summed E-state index contributed by atoms with van der Waals surface area (Å²) in [5.74, 6) is -2.56. The van der Waals surface area contributed by atoms with E-state index in [1.807, 2.05) is 0 Å². The third kappa shape index (κ3) is 6.21. The lowest BCUT2D eigenvalue weighted by Crippen LogP contribution is -2.46. The van der Waals surface area contributed by atoms with Crippen molar-refractivity contribution < 1.29 is 56.8 Å². The monoisotopic (exact) mass is 607 g/mol. The Hall–Kier alpha value is -2.75. The van der Waals surface area contributed by atoms with Crippen LogP contribution in [0.2, 0.25) is 0 Å². The average Bonchev–Trinajstić information content (AvgIpc) is 2.81. The van der Waals surface area contributed by atoms with Crippen molar-refractivity contribution in [3.63, 3.8) is 0 Å². The van der Waals surface area contributed by atoms with Gasteiger partial charge in [0.1, 0.15) is 5.82 Å². The standard InChI is InChI=1S/C23H21F8NO5S2/c1-32(20(33)18-4-3-13(22(26,27)28)11-19(18)38(2,34)35)16-5-7-21(25,8-6-16)39(36,37)17-10-14(23(29,30)31)9-15(24)12-17/h3-4,9-12,16H,5-8H2,1-2H3. The van der Waals surface area contributed by atoms with Gasteiger partial charge in [0.2, 0.25) is 14.8 Å². The maximum absolute atomic E-state index is 15.7. The topological polar surface area (TPSA) is 88.6 Å². The number of nitrogens with zero attached hydrogens (tertiary/aromatic N) is 1. The Morgan fingerprint density at radius 3 is 1.92 bits per heavy atom. The van der Waals surface area contributed by atoms with Crippen LogP contribution in [0.15, 0.2) is 46.2 Å². The summed E-state index contributed by atoms with van der Waals surface area (Å²) in [4.78, 5) is 11.9. The minimum atomic E-state index is -5.13. The summed E-state index contributed by atoms with van der Waals surface area (Å²) in [5, 5.41) is -3.10. The summed E-state index contributed by atoms with van der Waals surface area (Å²) >= 11 is 0. The number of hydrogen-bond acceptors (Lipinski definition) is 5. The highest BCUT2D eigenvalue weighted by molar-refractivity contribution is 7.92. The molecule has 1 aliphatic carbocycles. The van der Waals surface area contributed by atoms with E-state index in [9.17, 15) is 52.4 Å². The van der Waals surface area contributed by atoms with Crippen LogP contribution in [0.4, 0.5) is 35.1 Å². The van der Waals surface area contributed by atoms with E-state index in [1.54, 1.807) is 0 Å². The second-order valence-corrected chi connectivity index (χ2v) is 13.4. The summed E-state index contributed by atoms with van der Waals surface area (Å²) in [6, 6.07) is 1.07. The molecule has 6 nitrogen and oxygen atoms in total. The first kappa shape index (κ1) is 30.8. The molecule has 1 amide bonds. The summed E-state index contributed by atoms with van der Waals surface area (Å²) in [6.45, 7) is 0. The lowest BCUT2D eigenvalue weighted by atomic mass is 9.92. The van der Waals surface area contributed by atoms with Gasteiger partial charge in [-0.1, -0.05) is 0 Å². The number of hydrogen-bond donors (Lipinski definition) is 0. The van der Waals surface area contributed by atoms with Gasteiger partial charge < -0.3 is 4.90 Å². The first-order chi connectivity index (χ1) is 17.6. The van der Waals surface area contributed by atoms with Crippen molar-refractivity contribution in [3.8, 4) is 0 Å². The van der Waals surface area contributed by atoms with Gasteiger partial charge in [0, 0.05) is 19.3 Å². The quantitative estimate of drug-likeness (QED) is 0.424. The molecule has 0 saturated heterocycles. The smallest absolute Gasteiger partial charge is 0.339 e. The molecular weight excluding hydrogens is 586 g/mol. The number of rotatable bonds is 5. The predicted octanol–water partition coefficient (Wildman–Crippen LogP) is 5.42. The first-order valence-electron chi connectivity index (χ1n) is 11.1. The fourth-order valence-corrected chi connectivity index (χ4v) is 6.96. The third-order valence-electron chi connectivity index (χ3n) is 6.50. The van der Waals surface area contributed by atoms with Gasteiger partial charge in [-0.25, -0.2) is 25.6 Å². The number of sulfone groups is 2. The first-order valence-corrected chi connectivity index (χ1v) is 14.5. The zero-order chi connectivity index (χ0) is 29.8. The van der Waals surface area contributed by atoms with Crippen LogP contribution in [0.3, 0.4) is 0 Å². The molecule has 0 N–H and O–H groups in total. The molecule has 16 heteroatoms. The fraction of sp³-hybridized carbons (Fsp3) is 0.435. The predicted molar refractivity (Wildman–Crippen MR) is 121 cm³/mol. The van der Waals surface area contributed by atoms with Gasteiger partial charge in [-0.05, 0) is 62.1 Å². The molecular formula is C23H21F8NO5S2. The Bertz CT molecular complexity index is 1490. The van der Waals surface area contributed by atoms with Crippen LogP contribution >= 0.6 is 0 Å². The second kappa shape index (κ2) is 10.0. The molecule has 0 radical (unpaired) electrons. The largest absolute Gasteiger partial charge is 0.416 e. The summed E-state index contributed by atoms with van der Waals surface area (Å²) in [6.07, 6.45) is -11.7. The van der Waals surface area contributed by atoms with E-state index in [0.29, 0.717) is 24.5 Å². The van der Waals surface area contributed by atoms with Gasteiger partial charge >= 0.3 is 12.4 Å². The van der Waals surface area contributed by atoms with Crippen LogP contribution in [-0.2, 0) is 32.0 Å². The van der Waals surface area contributed by atoms with Crippen LogP contribution in [0.1, 0.15) is 47.2 Å². The van der Waals surface area contributed by atoms with Gasteiger partial charge in [0.15, 0.2) is 9.84 Å². The van der Waals surface area contributed by atoms with Crippen molar-refractivity contribution in [2.45, 2.75) is 58.9 Å². The molecule has 0 aromatic heterocycles. The number of halogens is 8. The number of amides is 1. The lowest BCUT2D eigenvalue weighted by Gasteiger charge is -2.37. The molecule has 0 heterocycles. The van der Waals surface area contributed by atoms with Crippen LogP contribution in [-0.4, -0.2) is 52.0 Å². The minimum absolute atomic E-state index is 0.0629. The molecule has 0 aliphatic heterocycles. The number of benzene rings is 2. The highest BCUT2D eigenvalue weighted by Crippen LogP contribution is 2.43. The number of carbonyl (C=O) groups excluding carboxylic acids is 1. The van der Waals surface area contributed by atoms with E-state index in [1.165, 1.54) is 7.05 Å². The fourth-order valence-electron chi connectivity index (χ4n) is 4.32. The normalized spacial score (nSPS) is 21.0. The molecule has 3 rings (SSSR count). The Morgan fingerprint density at radius 2 is 1.44 bits per heavy atom. The van der Waals surface area contributed by atoms with Crippen molar-refractivity contribution in [2.24, 2.45) is 0 Å². The van der Waals surface area contributed by atoms with Crippen molar-refractivity contribution in [1.82, 2.24) is 4.90 Å². The Balaban J connectivity index is 1.86. The molecule has 216 valence electrons. The third-order valence-corrected chi connectivity index (χ3v) is 9.86. The average molecular weight is 608 g/mol. The van der Waals surface area contributed by atoms with E-state index in [4.69, 9.17) is 0 Å². The zero-order valence-electron chi connectivity index (χ0n) is 20.2. The molecule has 0 bridgehead atoms. The highest BCUT2D eigenvalue weighted by Gasteiger charge is 2.49. The van der Waals surface area contributed by atoms with E-state index in [0.717, 1.165) is 4.90 Å². The van der Waals surface area contributed by atoms with Gasteiger partial charge in [0.05, 0.1) is 26.5 Å². The zero-order valence-corrected chi connectivity index (χ0v) is 21.8. The number of alkyl halides is 7. The van der Waals surface area contributed by atoms with Crippen molar-refractivity contribution in [1.29, 1.82) is 0 Å². The molecule has 0 spiro atoms. The van der Waals surface area contributed by atoms with Crippen LogP contribution in [0.5, 0.6) is 0 Å². The van der Waals surface area contributed by atoms with E-state index in [2.05, 4.69) is 0 Å². The van der Waals surface area contributed by atoms with Crippen molar-refractivity contribution in [3.05, 3.63) is 58.9 Å². The maximum atomic E-state index is 15.7. The highest BCUT2D eigenvalue weighted by atomic mass is 32.2. The van der Waals surface area contributed by atoms with E-state index >= 15 is 4.39 Å². The van der Waals surface area contributed by atoms with Crippen molar-refractivity contribution >= 4 is 25.6 Å². The lowest BCUT2D eigenvalue weighted by molar-refractivity contribution is -0.138. The molecule has 39 heavy (non-hydrogen) atoms. The Morgan fingerprint density at radius 1 is 0.897 bits per heavy atom. The molecule has 0 unspecified atom stereocenters. The maximum Gasteiger partial charge on any atom is 0.416 e. The molecule has 0 atom stereocenters. The molecule has 1 aliphatic rings. The van der Waals surface area contributed by atoms with Crippen LogP contribution in [0.25, 0.3) is 0 Å². The SMILES string of the molecule is CN(C(=O)c1ccc(C(F)(F)F)cc1S(C)(=O)=O)C1CCC(F)(S(=O)(=O)c2cc(F)cc(C(F)(F)F)c2)CC1. The molecule has 2 aromatic carbocycles. The van der Waals surface area contributed by atoms with Crippen LogP contribution in [0, 0.1) is 5.82 Å². The van der Waals surface area contributed by atoms with Gasteiger partial charge in [0.25, 0.3) is 5.91 Å². The summed E-state index contributed by atoms with van der Waals surface area (Å²) in [5.41, 5.74) is -3.52. The van der Waals surface area contributed by atoms with E-state index in [-0.39, 0.29) is 31.0 Å². The second-order valence-electron chi connectivity index (χ2n) is 9.19. The van der Waals surface area contributed by atoms with Gasteiger partial charge in [-0.15, -0.1) is 0 Å². The van der Waals surface area contributed by atoms with Crippen molar-refractivity contribution in [2.75, 3.05) is 13.3 Å². The van der Waals surface area contributed by atoms with E-state index < -0.39 is 94.1 Å². The molecule has 2 aromatic rings. The Labute approximate surface area is 218 Å². The number of carbonyl (C=O) groups is 1. The summed E-state index contributed by atoms with van der Waals surface area (Å²) in [7, 11) is -8.27. The van der Waals surface area contributed by atoms with Gasteiger partial charge in [-0.3, -0.25) is 4.79 Å². The molecule has 1 saturated carbocycles. The molecule has 1 fully saturated rings. The van der Waals surface area contributed by atoms with Gasteiger partial charge in [-0.2, -0.15) is 26.3 Å². The summed E-state index contributed by atoms with van der Waals surface area (Å²) < 4.78 is 158.